The fourth-order valence-corrected chi connectivity index (χ4v) is 5.03. The fourth-order valence-electron chi connectivity index (χ4n) is 5.03. The smallest absolute Gasteiger partial charge is 0.150 e. The molecule has 0 aliphatic heterocycles. The molecule has 1 heteroatoms. The number of carbonyl (C=O) groups excluding carboxylic acids is 1. The molecule has 6 rings (SSSR count). The SMILES string of the molecule is CC.O=Cc1cccc(-c2c3c(c(-c4ccc5ccccc5c4)c4ccccc24)=CCC=CC=3)c1. The molecule has 5 aromatic carbocycles. The van der Waals surface area contributed by atoms with Crippen LogP contribution in [0.1, 0.15) is 30.6 Å². The van der Waals surface area contributed by atoms with Crippen LogP contribution in [0.4, 0.5) is 0 Å². The molecule has 0 saturated carbocycles. The molecular formula is C34H28O. The summed E-state index contributed by atoms with van der Waals surface area (Å²) in [5.74, 6) is 0. The second-order valence-corrected chi connectivity index (χ2v) is 8.46. The Hall–Kier alpha value is -4.23. The molecule has 0 unspecified atom stereocenters. The topological polar surface area (TPSA) is 17.1 Å². The predicted octanol–water partition coefficient (Wildman–Crippen LogP) is 7.69. The highest BCUT2D eigenvalue weighted by molar-refractivity contribution is 6.07. The lowest BCUT2D eigenvalue weighted by Crippen LogP contribution is -2.29. The van der Waals surface area contributed by atoms with Crippen molar-refractivity contribution in [1.29, 1.82) is 0 Å². The summed E-state index contributed by atoms with van der Waals surface area (Å²) in [5, 5.41) is 7.36. The zero-order valence-corrected chi connectivity index (χ0v) is 20.2. The lowest BCUT2D eigenvalue weighted by molar-refractivity contribution is 0.112. The molecular weight excluding hydrogens is 424 g/mol. The Bertz CT molecular complexity index is 1700. The second-order valence-electron chi connectivity index (χ2n) is 8.46. The van der Waals surface area contributed by atoms with Gasteiger partial charge >= 0.3 is 0 Å². The standard InChI is InChI=1S/C32H22O.C2H6/c33-21-22-9-8-12-25(19-22)31-27-13-2-1-3-14-28(27)32(30-16-7-6-15-29(30)31)26-18-17-23-10-4-5-11-24(23)20-26;1-2/h1-2,4-21H,3H2;1-2H3. The van der Waals surface area contributed by atoms with Crippen LogP contribution in [-0.4, -0.2) is 6.29 Å². The summed E-state index contributed by atoms with van der Waals surface area (Å²) in [6, 6.07) is 31.8. The van der Waals surface area contributed by atoms with Gasteiger partial charge in [0.1, 0.15) is 6.29 Å². The van der Waals surface area contributed by atoms with E-state index in [0.717, 1.165) is 18.3 Å². The number of hydrogen-bond donors (Lipinski definition) is 0. The Morgan fingerprint density at radius 2 is 1.34 bits per heavy atom. The first kappa shape index (κ1) is 22.6. The lowest BCUT2D eigenvalue weighted by Gasteiger charge is -2.16. The zero-order valence-electron chi connectivity index (χ0n) is 20.2. The minimum absolute atomic E-state index is 0.692. The van der Waals surface area contributed by atoms with Gasteiger partial charge in [0, 0.05) is 5.56 Å². The quantitative estimate of drug-likeness (QED) is 0.257. The van der Waals surface area contributed by atoms with E-state index in [9.17, 15) is 4.79 Å². The first-order chi connectivity index (χ1) is 17.3. The highest BCUT2D eigenvalue weighted by atomic mass is 16.1. The van der Waals surface area contributed by atoms with Crippen molar-refractivity contribution in [2.45, 2.75) is 20.3 Å². The Morgan fingerprint density at radius 1 is 0.657 bits per heavy atom. The fraction of sp³-hybridized carbons (Fsp3) is 0.0882. The van der Waals surface area contributed by atoms with Crippen LogP contribution in [0.5, 0.6) is 0 Å². The van der Waals surface area contributed by atoms with Gasteiger partial charge in [0.25, 0.3) is 0 Å². The summed E-state index contributed by atoms with van der Waals surface area (Å²) in [6.45, 7) is 4.00. The maximum atomic E-state index is 11.5. The van der Waals surface area contributed by atoms with Crippen molar-refractivity contribution in [2.24, 2.45) is 0 Å². The highest BCUT2D eigenvalue weighted by Gasteiger charge is 2.15. The van der Waals surface area contributed by atoms with Crippen molar-refractivity contribution in [2.75, 3.05) is 0 Å². The van der Waals surface area contributed by atoms with E-state index in [-0.39, 0.29) is 0 Å². The molecule has 1 nitrogen and oxygen atoms in total. The number of rotatable bonds is 3. The van der Waals surface area contributed by atoms with Gasteiger partial charge in [-0.15, -0.1) is 0 Å². The number of hydrogen-bond acceptors (Lipinski definition) is 1. The van der Waals surface area contributed by atoms with Crippen molar-refractivity contribution in [3.05, 3.63) is 119 Å². The Morgan fingerprint density at radius 3 is 2.11 bits per heavy atom. The third kappa shape index (κ3) is 4.11. The van der Waals surface area contributed by atoms with Gasteiger partial charge in [-0.3, -0.25) is 4.79 Å². The van der Waals surface area contributed by atoms with Gasteiger partial charge in [-0.2, -0.15) is 0 Å². The highest BCUT2D eigenvalue weighted by Crippen LogP contribution is 2.33. The average molecular weight is 453 g/mol. The molecule has 0 amide bonds. The Kier molecular flexibility index (Phi) is 6.41. The number of carbonyl (C=O) groups is 1. The third-order valence-electron chi connectivity index (χ3n) is 6.50. The number of allylic oxidation sites excluding steroid dienone is 2. The van der Waals surface area contributed by atoms with Gasteiger partial charge in [-0.25, -0.2) is 0 Å². The molecule has 0 saturated heterocycles. The molecule has 0 N–H and O–H groups in total. The largest absolute Gasteiger partial charge is 0.298 e. The van der Waals surface area contributed by atoms with E-state index >= 15 is 0 Å². The molecule has 1 aliphatic rings. The minimum atomic E-state index is 0.692. The molecule has 0 fully saturated rings. The van der Waals surface area contributed by atoms with E-state index < -0.39 is 0 Å². The van der Waals surface area contributed by atoms with Crippen molar-refractivity contribution < 1.29 is 4.79 Å². The number of fused-ring (bicyclic) bond motifs is 3. The maximum Gasteiger partial charge on any atom is 0.150 e. The molecule has 35 heavy (non-hydrogen) atoms. The molecule has 0 bridgehead atoms. The van der Waals surface area contributed by atoms with Crippen LogP contribution in [0.3, 0.4) is 0 Å². The zero-order chi connectivity index (χ0) is 24.2. The van der Waals surface area contributed by atoms with E-state index in [0.29, 0.717) is 5.56 Å². The third-order valence-corrected chi connectivity index (χ3v) is 6.50. The molecule has 0 aromatic heterocycles. The minimum Gasteiger partial charge on any atom is -0.298 e. The molecule has 0 heterocycles. The van der Waals surface area contributed by atoms with Gasteiger partial charge in [-0.1, -0.05) is 117 Å². The van der Waals surface area contributed by atoms with Gasteiger partial charge < -0.3 is 0 Å². The number of benzene rings is 5. The average Bonchev–Trinajstić information content (AvgIpc) is 3.18. The van der Waals surface area contributed by atoms with Crippen molar-refractivity contribution in [3.8, 4) is 22.3 Å². The number of aldehydes is 1. The Balaban J connectivity index is 0.00000124. The summed E-state index contributed by atoms with van der Waals surface area (Å²) in [7, 11) is 0. The van der Waals surface area contributed by atoms with Crippen molar-refractivity contribution >= 4 is 40.0 Å². The molecule has 0 radical (unpaired) electrons. The lowest BCUT2D eigenvalue weighted by atomic mass is 9.87. The van der Waals surface area contributed by atoms with Gasteiger partial charge in [0.05, 0.1) is 0 Å². The molecule has 0 spiro atoms. The molecule has 170 valence electrons. The van der Waals surface area contributed by atoms with E-state index in [1.165, 1.54) is 48.7 Å². The summed E-state index contributed by atoms with van der Waals surface area (Å²) >= 11 is 0. The Labute approximate surface area is 206 Å². The summed E-state index contributed by atoms with van der Waals surface area (Å²) < 4.78 is 0. The van der Waals surface area contributed by atoms with Crippen LogP contribution >= 0.6 is 0 Å². The van der Waals surface area contributed by atoms with Crippen LogP contribution in [0.2, 0.25) is 0 Å². The van der Waals surface area contributed by atoms with E-state index in [2.05, 4.69) is 97.1 Å². The van der Waals surface area contributed by atoms with Crippen LogP contribution in [0.25, 0.3) is 56.0 Å². The van der Waals surface area contributed by atoms with Gasteiger partial charge in [-0.05, 0) is 72.8 Å². The second kappa shape index (κ2) is 9.95. The summed E-state index contributed by atoms with van der Waals surface area (Å²) in [4.78, 5) is 11.5. The van der Waals surface area contributed by atoms with Crippen LogP contribution < -0.4 is 10.4 Å². The van der Waals surface area contributed by atoms with E-state index in [1.807, 2.05) is 32.0 Å². The van der Waals surface area contributed by atoms with Crippen LogP contribution in [0.15, 0.2) is 103 Å². The van der Waals surface area contributed by atoms with Gasteiger partial charge in [0.2, 0.25) is 0 Å². The molecule has 5 aromatic rings. The first-order valence-electron chi connectivity index (χ1n) is 12.3. The maximum absolute atomic E-state index is 11.5. The van der Waals surface area contributed by atoms with Crippen molar-refractivity contribution in [3.63, 3.8) is 0 Å². The molecule has 1 aliphatic carbocycles. The first-order valence-corrected chi connectivity index (χ1v) is 12.3. The predicted molar refractivity (Wildman–Crippen MR) is 151 cm³/mol. The van der Waals surface area contributed by atoms with E-state index in [1.54, 1.807) is 0 Å². The summed E-state index contributed by atoms with van der Waals surface area (Å²) in [5.41, 5.74) is 5.42. The van der Waals surface area contributed by atoms with E-state index in [4.69, 9.17) is 0 Å². The monoisotopic (exact) mass is 452 g/mol. The van der Waals surface area contributed by atoms with Gasteiger partial charge in [0.15, 0.2) is 0 Å². The van der Waals surface area contributed by atoms with Crippen LogP contribution in [-0.2, 0) is 0 Å². The normalized spacial score (nSPS) is 12.1. The van der Waals surface area contributed by atoms with Crippen molar-refractivity contribution in [1.82, 2.24) is 0 Å². The van der Waals surface area contributed by atoms with Crippen LogP contribution in [0, 0.1) is 0 Å². The molecule has 0 atom stereocenters. The summed E-state index contributed by atoms with van der Waals surface area (Å²) in [6.07, 6.45) is 10.7.